The molecule has 1 amide bonds. The van der Waals surface area contributed by atoms with Crippen LogP contribution >= 0.6 is 10.8 Å². The molecule has 1 heterocycles. The highest BCUT2D eigenvalue weighted by Crippen LogP contribution is 2.40. The first-order valence-electron chi connectivity index (χ1n) is 10.8. The maximum atomic E-state index is 13.3. The standard InChI is InChI=1S/C26H23NO6S2/c1-18(28)24(27-22(29)17-23(27)34-35(31,32)21-15-9-4-10-16-21)26(30)33-25(19-11-5-2-6-12-19)20-13-7-3-8-14-20/h2-16,23,25,28H,17H2,1H3/b24-18-/t23-/m1/s1. The van der Waals surface area contributed by atoms with Gasteiger partial charge in [0, 0.05) is 0 Å². The van der Waals surface area contributed by atoms with Crippen molar-refractivity contribution in [3.05, 3.63) is 114 Å². The number of nitrogens with zero attached hydrogens (tertiary/aromatic N) is 1. The molecule has 4 rings (SSSR count). The fraction of sp³-hybridized carbons (Fsp3) is 0.154. The van der Waals surface area contributed by atoms with Crippen molar-refractivity contribution < 1.29 is 27.9 Å². The van der Waals surface area contributed by atoms with E-state index in [1.807, 2.05) is 36.4 Å². The number of hydrogen-bond acceptors (Lipinski definition) is 7. The number of aliphatic hydroxyl groups is 1. The molecule has 0 bridgehead atoms. The number of benzene rings is 3. The van der Waals surface area contributed by atoms with Gasteiger partial charge in [0.2, 0.25) is 14.8 Å². The van der Waals surface area contributed by atoms with Crippen LogP contribution in [0.15, 0.2) is 107 Å². The average Bonchev–Trinajstić information content (AvgIpc) is 2.86. The molecular formula is C26H23NO6S2. The summed E-state index contributed by atoms with van der Waals surface area (Å²) in [6.45, 7) is 1.26. The van der Waals surface area contributed by atoms with E-state index in [-0.39, 0.29) is 17.0 Å². The molecule has 0 saturated carbocycles. The molecule has 1 N–H and O–H groups in total. The molecule has 1 saturated heterocycles. The maximum absolute atomic E-state index is 13.3. The van der Waals surface area contributed by atoms with Crippen molar-refractivity contribution in [2.24, 2.45) is 0 Å². The third-order valence-corrected chi connectivity index (χ3v) is 9.09. The van der Waals surface area contributed by atoms with Crippen molar-refractivity contribution in [3.63, 3.8) is 0 Å². The summed E-state index contributed by atoms with van der Waals surface area (Å²) in [5, 5.41) is 9.46. The van der Waals surface area contributed by atoms with Gasteiger partial charge in [0.05, 0.1) is 11.3 Å². The van der Waals surface area contributed by atoms with Gasteiger partial charge in [0.25, 0.3) is 0 Å². The zero-order valence-electron chi connectivity index (χ0n) is 18.8. The molecule has 0 aliphatic carbocycles. The summed E-state index contributed by atoms with van der Waals surface area (Å²) in [6, 6.07) is 26.0. The number of carbonyl (C=O) groups is 2. The number of carbonyl (C=O) groups excluding carboxylic acids is 2. The second kappa shape index (κ2) is 10.4. The number of aliphatic hydroxyl groups excluding tert-OH is 1. The molecule has 0 spiro atoms. The molecule has 0 unspecified atom stereocenters. The predicted octanol–water partition coefficient (Wildman–Crippen LogP) is 4.79. The van der Waals surface area contributed by atoms with Crippen LogP contribution in [0.3, 0.4) is 0 Å². The second-order valence-corrected chi connectivity index (χ2v) is 11.8. The Labute approximate surface area is 207 Å². The number of hydrogen-bond donors (Lipinski definition) is 1. The summed E-state index contributed by atoms with van der Waals surface area (Å²) in [7, 11) is -3.25. The van der Waals surface area contributed by atoms with E-state index in [1.165, 1.54) is 19.1 Å². The zero-order valence-corrected chi connectivity index (χ0v) is 20.4. The summed E-state index contributed by atoms with van der Waals surface area (Å²) >= 11 is 0. The molecule has 0 radical (unpaired) electrons. The number of ether oxygens (including phenoxy) is 1. The Morgan fingerprint density at radius 2 is 1.43 bits per heavy atom. The fourth-order valence-electron chi connectivity index (χ4n) is 3.69. The smallest absolute Gasteiger partial charge is 0.359 e. The van der Waals surface area contributed by atoms with Crippen molar-refractivity contribution >= 4 is 31.5 Å². The minimum absolute atomic E-state index is 0.0892. The topological polar surface area (TPSA) is 101 Å². The van der Waals surface area contributed by atoms with Crippen LogP contribution in [0.4, 0.5) is 0 Å². The van der Waals surface area contributed by atoms with Gasteiger partial charge in [-0.15, -0.1) is 0 Å². The summed E-state index contributed by atoms with van der Waals surface area (Å²) in [4.78, 5) is 26.9. The van der Waals surface area contributed by atoms with Crippen molar-refractivity contribution in [2.75, 3.05) is 0 Å². The van der Waals surface area contributed by atoms with E-state index >= 15 is 0 Å². The summed E-state index contributed by atoms with van der Waals surface area (Å²) in [5.74, 6) is -1.86. The van der Waals surface area contributed by atoms with Crippen LogP contribution in [-0.2, 0) is 23.2 Å². The van der Waals surface area contributed by atoms with Crippen LogP contribution in [0, 0.1) is 0 Å². The Morgan fingerprint density at radius 3 is 1.89 bits per heavy atom. The molecule has 35 heavy (non-hydrogen) atoms. The first kappa shape index (κ1) is 24.6. The Balaban J connectivity index is 1.60. The number of rotatable bonds is 8. The Kier molecular flexibility index (Phi) is 7.28. The summed E-state index contributed by atoms with van der Waals surface area (Å²) in [6.07, 6.45) is -0.892. The van der Waals surface area contributed by atoms with E-state index in [4.69, 9.17) is 4.74 Å². The lowest BCUT2D eigenvalue weighted by molar-refractivity contribution is -0.152. The number of amides is 1. The van der Waals surface area contributed by atoms with E-state index in [0.29, 0.717) is 21.9 Å². The lowest BCUT2D eigenvalue weighted by Gasteiger charge is -2.40. The maximum Gasteiger partial charge on any atom is 0.359 e. The third kappa shape index (κ3) is 5.41. The van der Waals surface area contributed by atoms with Crippen LogP contribution in [0.2, 0.25) is 0 Å². The number of allylic oxidation sites excluding steroid dienone is 1. The molecule has 1 fully saturated rings. The predicted molar refractivity (Wildman–Crippen MR) is 133 cm³/mol. The van der Waals surface area contributed by atoms with Crippen LogP contribution < -0.4 is 0 Å². The quantitative estimate of drug-likeness (QED) is 0.153. The number of esters is 1. The van der Waals surface area contributed by atoms with Crippen LogP contribution in [0.5, 0.6) is 0 Å². The van der Waals surface area contributed by atoms with Gasteiger partial charge in [-0.1, -0.05) is 78.9 Å². The van der Waals surface area contributed by atoms with Crippen LogP contribution in [0.25, 0.3) is 0 Å². The van der Waals surface area contributed by atoms with Gasteiger partial charge in [0.1, 0.15) is 11.1 Å². The average molecular weight is 510 g/mol. The molecule has 1 atom stereocenters. The lowest BCUT2D eigenvalue weighted by atomic mass is 10.0. The lowest BCUT2D eigenvalue weighted by Crippen LogP contribution is -2.52. The number of likely N-dealkylation sites (tertiary alicyclic amines) is 1. The minimum atomic E-state index is -3.80. The monoisotopic (exact) mass is 509 g/mol. The van der Waals surface area contributed by atoms with E-state index in [9.17, 15) is 23.1 Å². The fourth-order valence-corrected chi connectivity index (χ4v) is 7.11. The molecule has 1 aliphatic rings. The molecule has 3 aromatic rings. The van der Waals surface area contributed by atoms with E-state index in [1.54, 1.807) is 42.5 Å². The zero-order chi connectivity index (χ0) is 25.0. The molecule has 180 valence electrons. The third-order valence-electron chi connectivity index (χ3n) is 5.38. The van der Waals surface area contributed by atoms with Gasteiger partial charge in [0.15, 0.2) is 11.8 Å². The van der Waals surface area contributed by atoms with E-state index < -0.39 is 38.0 Å². The van der Waals surface area contributed by atoms with Gasteiger partial charge in [-0.25, -0.2) is 13.2 Å². The minimum Gasteiger partial charge on any atom is -0.510 e. The molecule has 7 nitrogen and oxygen atoms in total. The Bertz CT molecular complexity index is 1300. The second-order valence-electron chi connectivity index (χ2n) is 7.83. The molecule has 3 aromatic carbocycles. The highest BCUT2D eigenvalue weighted by molar-refractivity contribution is 8.72. The van der Waals surface area contributed by atoms with Crippen molar-refractivity contribution in [3.8, 4) is 0 Å². The van der Waals surface area contributed by atoms with E-state index in [0.717, 1.165) is 4.90 Å². The first-order valence-corrected chi connectivity index (χ1v) is 13.7. The normalized spacial score (nSPS) is 16.5. The molecule has 9 heteroatoms. The van der Waals surface area contributed by atoms with Gasteiger partial charge in [-0.2, -0.15) is 0 Å². The summed E-state index contributed by atoms with van der Waals surface area (Å²) < 4.78 is 31.5. The van der Waals surface area contributed by atoms with Crippen molar-refractivity contribution in [1.29, 1.82) is 0 Å². The van der Waals surface area contributed by atoms with Gasteiger partial charge < -0.3 is 9.84 Å². The van der Waals surface area contributed by atoms with Crippen molar-refractivity contribution in [1.82, 2.24) is 4.90 Å². The first-order chi connectivity index (χ1) is 16.8. The Hall–Kier alpha value is -3.56. The molecular weight excluding hydrogens is 486 g/mol. The van der Waals surface area contributed by atoms with Gasteiger partial charge in [-0.05, 0) is 41.0 Å². The molecule has 1 aliphatic heterocycles. The highest BCUT2D eigenvalue weighted by atomic mass is 33.1. The van der Waals surface area contributed by atoms with Gasteiger partial charge in [-0.3, -0.25) is 9.69 Å². The van der Waals surface area contributed by atoms with Crippen molar-refractivity contribution in [2.45, 2.75) is 29.7 Å². The van der Waals surface area contributed by atoms with E-state index in [2.05, 4.69) is 0 Å². The van der Waals surface area contributed by atoms with Gasteiger partial charge >= 0.3 is 5.97 Å². The summed E-state index contributed by atoms with van der Waals surface area (Å²) in [5.41, 5.74) is 1.03. The highest BCUT2D eigenvalue weighted by Gasteiger charge is 2.46. The molecule has 0 aromatic heterocycles. The largest absolute Gasteiger partial charge is 0.510 e. The van der Waals surface area contributed by atoms with Crippen LogP contribution in [0.1, 0.15) is 30.6 Å². The Morgan fingerprint density at radius 1 is 0.943 bits per heavy atom. The van der Waals surface area contributed by atoms with Crippen LogP contribution in [-0.4, -0.2) is 35.7 Å². The number of β-lactam (4-membered cyclic amide) rings is 1. The SMILES string of the molecule is C/C(O)=C(\C(=O)OC(c1ccccc1)c1ccccc1)N1C(=O)C[C@H]1SS(=O)(=O)c1ccccc1.